The Kier molecular flexibility index (Phi) is 4.11. The van der Waals surface area contributed by atoms with Gasteiger partial charge in [0, 0.05) is 0 Å². The lowest BCUT2D eigenvalue weighted by atomic mass is 10.4. The Hall–Kier alpha value is 0.750. The van der Waals surface area contributed by atoms with Gasteiger partial charge in [-0.2, -0.15) is 0 Å². The van der Waals surface area contributed by atoms with Crippen LogP contribution in [0.2, 0.25) is 0 Å². The largest absolute Gasteiger partial charge is 0.109 e. The highest BCUT2D eigenvalue weighted by Gasteiger charge is 1.88. The molecular weight excluding hydrogens is 150 g/mol. The minimum atomic E-state index is -0.858. The molecule has 0 saturated carbocycles. The average Bonchev–Trinajstić information content (AvgIpc) is 1.27. The number of allylic oxidation sites excluding steroid dienone is 1. The molecule has 7 heavy (non-hydrogen) atoms. The van der Waals surface area contributed by atoms with E-state index >= 15 is 0 Å². The number of halogens is 2. The lowest BCUT2D eigenvalue weighted by Crippen LogP contribution is -1.53. The lowest BCUT2D eigenvalue weighted by molar-refractivity contribution is 1.41. The second-order valence-electron chi connectivity index (χ2n) is 1.47. The third-order valence-corrected chi connectivity index (χ3v) is 1.65. The van der Waals surface area contributed by atoms with Gasteiger partial charge in [0.2, 0.25) is 0 Å². The van der Waals surface area contributed by atoms with Crippen LogP contribution in [0.15, 0.2) is 11.4 Å². The fraction of sp³-hybridized carbons (Fsp3) is 0.500. The Morgan fingerprint density at radius 2 is 1.86 bits per heavy atom. The predicted octanol–water partition coefficient (Wildman–Crippen LogP) is 3.70. The highest BCUT2D eigenvalue weighted by Crippen LogP contribution is 2.48. The van der Waals surface area contributed by atoms with E-state index in [2.05, 4.69) is 0 Å². The van der Waals surface area contributed by atoms with Gasteiger partial charge in [-0.1, -0.05) is 28.1 Å². The van der Waals surface area contributed by atoms with Crippen molar-refractivity contribution in [2.75, 3.05) is 0 Å². The minimum absolute atomic E-state index is 0.858. The quantitative estimate of drug-likeness (QED) is 0.509. The second-order valence-corrected chi connectivity index (χ2v) is 4.95. The van der Waals surface area contributed by atoms with Crippen molar-refractivity contribution in [1.29, 1.82) is 0 Å². The summed E-state index contributed by atoms with van der Waals surface area (Å²) in [4.78, 5) is 0. The van der Waals surface area contributed by atoms with Gasteiger partial charge >= 0.3 is 0 Å². The molecule has 0 nitrogen and oxygen atoms in total. The van der Waals surface area contributed by atoms with Crippen molar-refractivity contribution in [3.05, 3.63) is 11.4 Å². The molecule has 0 N–H and O–H groups in total. The molecule has 0 radical (unpaired) electrons. The first-order valence-corrected chi connectivity index (χ1v) is 5.11. The van der Waals surface area contributed by atoms with E-state index < -0.39 is 6.63 Å². The molecule has 3 heteroatoms. The zero-order valence-electron chi connectivity index (χ0n) is 4.28. The standard InChI is InChI=1S/C4H7Cl2P/c1-4(2)3-7(5)6/h3H,1-2H3. The summed E-state index contributed by atoms with van der Waals surface area (Å²) in [5, 5.41) is 0. The molecule has 0 unspecified atom stereocenters. The summed E-state index contributed by atoms with van der Waals surface area (Å²) < 4.78 is 0. The Morgan fingerprint density at radius 3 is 1.86 bits per heavy atom. The van der Waals surface area contributed by atoms with Gasteiger partial charge in [0.05, 0.1) is 0 Å². The molecule has 0 heterocycles. The first kappa shape index (κ1) is 7.75. The zero-order valence-corrected chi connectivity index (χ0v) is 6.69. The van der Waals surface area contributed by atoms with E-state index in [4.69, 9.17) is 22.5 Å². The van der Waals surface area contributed by atoms with E-state index in [1.54, 1.807) is 0 Å². The van der Waals surface area contributed by atoms with Gasteiger partial charge in [0.15, 0.2) is 0 Å². The van der Waals surface area contributed by atoms with E-state index in [0.717, 1.165) is 0 Å². The van der Waals surface area contributed by atoms with Crippen LogP contribution in [0.25, 0.3) is 0 Å². The van der Waals surface area contributed by atoms with E-state index in [1.165, 1.54) is 5.57 Å². The normalized spacial score (nSPS) is 9.29. The fourth-order valence-corrected chi connectivity index (χ4v) is 1.76. The molecular formula is C4H7Cl2P. The molecule has 0 saturated heterocycles. The van der Waals surface area contributed by atoms with Crippen LogP contribution >= 0.6 is 29.1 Å². The summed E-state index contributed by atoms with van der Waals surface area (Å²) in [7, 11) is 0. The molecule has 0 aliphatic heterocycles. The molecule has 0 aromatic carbocycles. The van der Waals surface area contributed by atoms with E-state index in [9.17, 15) is 0 Å². The summed E-state index contributed by atoms with van der Waals surface area (Å²) in [5.41, 5.74) is 1.18. The smallest absolute Gasteiger partial charge is 0.0737 e. The van der Waals surface area contributed by atoms with Gasteiger partial charge < -0.3 is 0 Å². The van der Waals surface area contributed by atoms with Crippen LogP contribution in [-0.4, -0.2) is 0 Å². The third-order valence-electron chi connectivity index (χ3n) is 0.356. The topological polar surface area (TPSA) is 0 Å². The molecule has 0 aliphatic carbocycles. The summed E-state index contributed by atoms with van der Waals surface area (Å²) in [5.74, 6) is 1.85. The van der Waals surface area contributed by atoms with Crippen molar-refractivity contribution in [1.82, 2.24) is 0 Å². The summed E-state index contributed by atoms with van der Waals surface area (Å²) >= 11 is 10.9. The van der Waals surface area contributed by atoms with Crippen molar-refractivity contribution in [2.45, 2.75) is 13.8 Å². The average molecular weight is 157 g/mol. The maximum atomic E-state index is 5.43. The molecule has 0 rings (SSSR count). The van der Waals surface area contributed by atoms with Gasteiger partial charge in [0.25, 0.3) is 0 Å². The van der Waals surface area contributed by atoms with Crippen LogP contribution in [0.4, 0.5) is 0 Å². The third kappa shape index (κ3) is 6.75. The first-order valence-electron chi connectivity index (χ1n) is 1.88. The molecule has 0 aromatic rings. The van der Waals surface area contributed by atoms with Gasteiger partial charge in [-0.3, -0.25) is 0 Å². The van der Waals surface area contributed by atoms with Crippen LogP contribution in [0, 0.1) is 0 Å². The Balaban J connectivity index is 3.45. The maximum Gasteiger partial charge on any atom is 0.109 e. The molecule has 0 fully saturated rings. The summed E-state index contributed by atoms with van der Waals surface area (Å²) in [6, 6.07) is 0. The number of hydrogen-bond donors (Lipinski definition) is 0. The number of rotatable bonds is 1. The van der Waals surface area contributed by atoms with E-state index in [0.29, 0.717) is 0 Å². The SMILES string of the molecule is CC(C)=CP(Cl)Cl. The summed E-state index contributed by atoms with van der Waals surface area (Å²) in [6.45, 7) is 3.09. The van der Waals surface area contributed by atoms with Crippen molar-refractivity contribution in [3.63, 3.8) is 0 Å². The van der Waals surface area contributed by atoms with Crippen molar-refractivity contribution in [3.8, 4) is 0 Å². The minimum Gasteiger partial charge on any atom is -0.0737 e. The molecule has 0 amide bonds. The van der Waals surface area contributed by atoms with Crippen LogP contribution in [0.3, 0.4) is 0 Å². The molecule has 0 bridgehead atoms. The van der Waals surface area contributed by atoms with Crippen LogP contribution in [0.5, 0.6) is 0 Å². The van der Waals surface area contributed by atoms with Gasteiger partial charge in [-0.25, -0.2) is 0 Å². The fourth-order valence-electron chi connectivity index (χ4n) is 0.195. The Morgan fingerprint density at radius 1 is 1.43 bits per heavy atom. The second kappa shape index (κ2) is 3.72. The Bertz CT molecular complexity index is 73.8. The van der Waals surface area contributed by atoms with Crippen LogP contribution in [0.1, 0.15) is 13.8 Å². The molecule has 42 valence electrons. The van der Waals surface area contributed by atoms with Crippen molar-refractivity contribution in [2.24, 2.45) is 0 Å². The van der Waals surface area contributed by atoms with Crippen LogP contribution < -0.4 is 0 Å². The van der Waals surface area contributed by atoms with Crippen molar-refractivity contribution < 1.29 is 0 Å². The monoisotopic (exact) mass is 156 g/mol. The molecule has 0 spiro atoms. The number of hydrogen-bond acceptors (Lipinski definition) is 0. The molecule has 0 atom stereocenters. The van der Waals surface area contributed by atoms with Crippen LogP contribution in [-0.2, 0) is 0 Å². The molecule has 0 aromatic heterocycles. The lowest BCUT2D eigenvalue weighted by Gasteiger charge is -1.88. The predicted molar refractivity (Wildman–Crippen MR) is 38.1 cm³/mol. The maximum absolute atomic E-state index is 5.43. The van der Waals surface area contributed by atoms with Gasteiger partial charge in [-0.05, 0) is 19.7 Å². The first-order chi connectivity index (χ1) is 3.13. The summed E-state index contributed by atoms with van der Waals surface area (Å²) in [6.07, 6.45) is 0. The van der Waals surface area contributed by atoms with E-state index in [-0.39, 0.29) is 0 Å². The van der Waals surface area contributed by atoms with Gasteiger partial charge in [-0.15, -0.1) is 0 Å². The van der Waals surface area contributed by atoms with E-state index in [1.807, 2.05) is 19.7 Å². The highest BCUT2D eigenvalue weighted by molar-refractivity contribution is 8.06. The van der Waals surface area contributed by atoms with Gasteiger partial charge in [0.1, 0.15) is 6.63 Å². The Labute approximate surface area is 54.8 Å². The van der Waals surface area contributed by atoms with Crippen molar-refractivity contribution >= 4 is 29.1 Å². The molecule has 0 aliphatic rings. The zero-order chi connectivity index (χ0) is 5.86. The highest BCUT2D eigenvalue weighted by atomic mass is 35.9.